The summed E-state index contributed by atoms with van der Waals surface area (Å²) in [4.78, 5) is 12.4. The lowest BCUT2D eigenvalue weighted by Gasteiger charge is -2.17. The van der Waals surface area contributed by atoms with Gasteiger partial charge < -0.3 is 4.42 Å². The molecular weight excluding hydrogens is 212 g/mol. The molecule has 1 aromatic rings. The zero-order chi connectivity index (χ0) is 11.4. The first kappa shape index (κ1) is 12.1. The van der Waals surface area contributed by atoms with E-state index in [0.29, 0.717) is 0 Å². The second kappa shape index (κ2) is 5.23. The quantitative estimate of drug-likeness (QED) is 0.356. The summed E-state index contributed by atoms with van der Waals surface area (Å²) in [6.45, 7) is 5.76. The van der Waals surface area contributed by atoms with E-state index in [1.165, 1.54) is 0 Å². The third-order valence-electron chi connectivity index (χ3n) is 2.38. The second-order valence-corrected chi connectivity index (χ2v) is 4.88. The van der Waals surface area contributed by atoms with Gasteiger partial charge in [0.25, 0.3) is 0 Å². The van der Waals surface area contributed by atoms with Crippen LogP contribution in [0.15, 0.2) is 21.6 Å². The van der Waals surface area contributed by atoms with Crippen LogP contribution in [0.4, 0.5) is 0 Å². The Morgan fingerprint density at radius 1 is 1.60 bits per heavy atom. The lowest BCUT2D eigenvalue weighted by Crippen LogP contribution is -2.38. The van der Waals surface area contributed by atoms with Crippen molar-refractivity contribution < 1.29 is 9.21 Å². The molecule has 4 nitrogen and oxygen atoms in total. The second-order valence-electron chi connectivity index (χ2n) is 3.46. The third kappa shape index (κ3) is 3.00. The van der Waals surface area contributed by atoms with E-state index < -0.39 is 0 Å². The van der Waals surface area contributed by atoms with Crippen LogP contribution >= 0.6 is 11.8 Å². The first-order valence-corrected chi connectivity index (χ1v) is 5.65. The van der Waals surface area contributed by atoms with Crippen molar-refractivity contribution in [2.24, 2.45) is 11.8 Å². The predicted molar refractivity (Wildman–Crippen MR) is 60.3 cm³/mol. The Balaban J connectivity index is 2.59. The summed E-state index contributed by atoms with van der Waals surface area (Å²) in [5, 5.41) is 0.157. The van der Waals surface area contributed by atoms with Gasteiger partial charge in [-0.1, -0.05) is 13.8 Å². The molecule has 3 N–H and O–H groups in total. The van der Waals surface area contributed by atoms with Crippen molar-refractivity contribution in [1.82, 2.24) is 5.43 Å². The fourth-order valence-corrected chi connectivity index (χ4v) is 2.22. The molecule has 0 aliphatic rings. The Morgan fingerprint density at radius 2 is 2.27 bits per heavy atom. The summed E-state index contributed by atoms with van der Waals surface area (Å²) in [6, 6.07) is 1.91. The summed E-state index contributed by atoms with van der Waals surface area (Å²) in [6.07, 6.45) is 1.65. The van der Waals surface area contributed by atoms with Gasteiger partial charge in [-0.15, -0.1) is 11.8 Å². The topological polar surface area (TPSA) is 68.3 Å². The van der Waals surface area contributed by atoms with Crippen LogP contribution in [0.1, 0.15) is 19.6 Å². The molecule has 0 spiro atoms. The van der Waals surface area contributed by atoms with Crippen molar-refractivity contribution in [3.63, 3.8) is 0 Å². The SMILES string of the molecule is Cc1occc1SC(C)C(C)C(=O)NN. The van der Waals surface area contributed by atoms with Crippen LogP contribution in [0.3, 0.4) is 0 Å². The summed E-state index contributed by atoms with van der Waals surface area (Å²) < 4.78 is 5.19. The van der Waals surface area contributed by atoms with E-state index in [9.17, 15) is 4.79 Å². The van der Waals surface area contributed by atoms with E-state index in [1.54, 1.807) is 18.0 Å². The van der Waals surface area contributed by atoms with Crippen molar-refractivity contribution in [1.29, 1.82) is 0 Å². The molecule has 0 bridgehead atoms. The molecule has 1 amide bonds. The maximum Gasteiger partial charge on any atom is 0.237 e. The smallest absolute Gasteiger partial charge is 0.237 e. The van der Waals surface area contributed by atoms with E-state index in [1.807, 2.05) is 26.8 Å². The molecule has 5 heteroatoms. The van der Waals surface area contributed by atoms with Gasteiger partial charge in [0.1, 0.15) is 5.76 Å². The molecule has 0 aliphatic carbocycles. The van der Waals surface area contributed by atoms with Crippen LogP contribution in [0.25, 0.3) is 0 Å². The van der Waals surface area contributed by atoms with E-state index >= 15 is 0 Å². The average Bonchev–Trinajstić information content (AvgIpc) is 2.62. The van der Waals surface area contributed by atoms with Gasteiger partial charge in [0.05, 0.1) is 6.26 Å². The van der Waals surface area contributed by atoms with E-state index in [-0.39, 0.29) is 17.1 Å². The number of rotatable bonds is 4. The van der Waals surface area contributed by atoms with Crippen LogP contribution in [-0.2, 0) is 4.79 Å². The Bertz CT molecular complexity index is 338. The van der Waals surface area contributed by atoms with Gasteiger partial charge in [0.15, 0.2) is 0 Å². The van der Waals surface area contributed by atoms with Gasteiger partial charge in [-0.3, -0.25) is 10.2 Å². The number of nitrogens with one attached hydrogen (secondary N) is 1. The molecule has 84 valence electrons. The molecule has 2 unspecified atom stereocenters. The minimum Gasteiger partial charge on any atom is -0.468 e. The maximum atomic E-state index is 11.3. The molecule has 2 atom stereocenters. The van der Waals surface area contributed by atoms with Crippen molar-refractivity contribution in [3.8, 4) is 0 Å². The highest BCUT2D eigenvalue weighted by Gasteiger charge is 2.21. The summed E-state index contributed by atoms with van der Waals surface area (Å²) in [5.74, 6) is 5.70. The van der Waals surface area contributed by atoms with Gasteiger partial charge in [0, 0.05) is 16.1 Å². The Hall–Kier alpha value is -0.940. The lowest BCUT2D eigenvalue weighted by molar-refractivity contribution is -0.124. The van der Waals surface area contributed by atoms with Crippen molar-refractivity contribution in [3.05, 3.63) is 18.1 Å². The number of amides is 1. The Labute approximate surface area is 93.6 Å². The molecule has 0 saturated carbocycles. The molecule has 1 rings (SSSR count). The molecule has 0 radical (unpaired) electrons. The van der Waals surface area contributed by atoms with E-state index in [0.717, 1.165) is 10.7 Å². The standard InChI is InChI=1S/C10H16N2O2S/c1-6(10(13)12-11)8(3)15-9-4-5-14-7(9)2/h4-6,8H,11H2,1-3H3,(H,12,13). The normalized spacial score (nSPS) is 14.7. The molecule has 1 heterocycles. The molecule has 0 fully saturated rings. The highest BCUT2D eigenvalue weighted by atomic mass is 32.2. The molecular formula is C10H16N2O2S. The number of hydrogen-bond donors (Lipinski definition) is 2. The number of thioether (sulfide) groups is 1. The average molecular weight is 228 g/mol. The summed E-state index contributed by atoms with van der Waals surface area (Å²) in [7, 11) is 0. The van der Waals surface area contributed by atoms with Crippen LogP contribution in [-0.4, -0.2) is 11.2 Å². The van der Waals surface area contributed by atoms with E-state index in [4.69, 9.17) is 10.3 Å². The molecule has 0 saturated heterocycles. The number of hydrazine groups is 1. The predicted octanol–water partition coefficient (Wildman–Crippen LogP) is 1.69. The number of carbonyl (C=O) groups is 1. The number of furan rings is 1. The molecule has 15 heavy (non-hydrogen) atoms. The molecule has 0 aliphatic heterocycles. The summed E-state index contributed by atoms with van der Waals surface area (Å²) >= 11 is 1.62. The minimum atomic E-state index is -0.142. The number of carbonyl (C=O) groups excluding carboxylic acids is 1. The van der Waals surface area contributed by atoms with Crippen LogP contribution in [0.5, 0.6) is 0 Å². The fraction of sp³-hybridized carbons (Fsp3) is 0.500. The van der Waals surface area contributed by atoms with Crippen LogP contribution in [0.2, 0.25) is 0 Å². The van der Waals surface area contributed by atoms with Crippen molar-refractivity contribution in [2.75, 3.05) is 0 Å². The van der Waals surface area contributed by atoms with Gasteiger partial charge in [-0.2, -0.15) is 0 Å². The largest absolute Gasteiger partial charge is 0.468 e. The molecule has 1 aromatic heterocycles. The Kier molecular flexibility index (Phi) is 4.23. The number of nitrogens with two attached hydrogens (primary N) is 1. The lowest BCUT2D eigenvalue weighted by atomic mass is 10.1. The van der Waals surface area contributed by atoms with Crippen molar-refractivity contribution in [2.45, 2.75) is 30.9 Å². The minimum absolute atomic E-state index is 0.130. The van der Waals surface area contributed by atoms with Gasteiger partial charge in [0.2, 0.25) is 5.91 Å². The molecule has 0 aromatic carbocycles. The van der Waals surface area contributed by atoms with Crippen LogP contribution < -0.4 is 11.3 Å². The number of aryl methyl sites for hydroxylation is 1. The first-order chi connectivity index (χ1) is 7.06. The highest BCUT2D eigenvalue weighted by Crippen LogP contribution is 2.30. The maximum absolute atomic E-state index is 11.3. The monoisotopic (exact) mass is 228 g/mol. The number of hydrogen-bond acceptors (Lipinski definition) is 4. The van der Waals surface area contributed by atoms with E-state index in [2.05, 4.69) is 5.43 Å². The zero-order valence-electron chi connectivity index (χ0n) is 9.11. The summed E-state index contributed by atoms with van der Waals surface area (Å²) in [5.41, 5.74) is 2.16. The van der Waals surface area contributed by atoms with Crippen molar-refractivity contribution >= 4 is 17.7 Å². The third-order valence-corrected chi connectivity index (χ3v) is 3.84. The zero-order valence-corrected chi connectivity index (χ0v) is 9.93. The van der Waals surface area contributed by atoms with Gasteiger partial charge >= 0.3 is 0 Å². The highest BCUT2D eigenvalue weighted by molar-refractivity contribution is 8.00. The van der Waals surface area contributed by atoms with Gasteiger partial charge in [-0.25, -0.2) is 5.84 Å². The Morgan fingerprint density at radius 3 is 2.73 bits per heavy atom. The fourth-order valence-electron chi connectivity index (χ4n) is 1.14. The van der Waals surface area contributed by atoms with Crippen LogP contribution in [0, 0.1) is 12.8 Å². The first-order valence-electron chi connectivity index (χ1n) is 4.77. The van der Waals surface area contributed by atoms with Gasteiger partial charge in [-0.05, 0) is 13.0 Å².